The van der Waals surface area contributed by atoms with Crippen LogP contribution in [0.25, 0.3) is 0 Å². The van der Waals surface area contributed by atoms with Gasteiger partial charge in [0.15, 0.2) is 0 Å². The predicted molar refractivity (Wildman–Crippen MR) is 73.4 cm³/mol. The van der Waals surface area contributed by atoms with E-state index >= 15 is 0 Å². The summed E-state index contributed by atoms with van der Waals surface area (Å²) in [6, 6.07) is 13.9. The van der Waals surface area contributed by atoms with E-state index in [1.54, 1.807) is 0 Å². The first-order chi connectivity index (χ1) is 8.09. The van der Waals surface area contributed by atoms with E-state index in [9.17, 15) is 0 Å². The third kappa shape index (κ3) is 2.51. The second kappa shape index (κ2) is 4.91. The van der Waals surface area contributed by atoms with Gasteiger partial charge in [0.05, 0.1) is 6.04 Å². The summed E-state index contributed by atoms with van der Waals surface area (Å²) >= 11 is 6.18. The fourth-order valence-electron chi connectivity index (χ4n) is 1.99. The molecule has 2 aromatic carbocycles. The molecule has 2 heteroatoms. The molecule has 0 amide bonds. The Morgan fingerprint density at radius 2 is 1.71 bits per heavy atom. The number of rotatable bonds is 2. The molecular weight excluding hydrogens is 230 g/mol. The summed E-state index contributed by atoms with van der Waals surface area (Å²) in [5, 5.41) is 0.723. The molecule has 2 rings (SSSR count). The zero-order valence-corrected chi connectivity index (χ0v) is 10.8. The highest BCUT2D eigenvalue weighted by Gasteiger charge is 2.13. The number of hydrogen-bond donors (Lipinski definition) is 1. The Balaban J connectivity index is 2.47. The fourth-order valence-corrected chi connectivity index (χ4v) is 2.24. The van der Waals surface area contributed by atoms with Crippen LogP contribution in [0.1, 0.15) is 28.3 Å². The maximum Gasteiger partial charge on any atom is 0.0569 e. The Hall–Kier alpha value is -1.31. The zero-order chi connectivity index (χ0) is 12.4. The monoisotopic (exact) mass is 245 g/mol. The summed E-state index contributed by atoms with van der Waals surface area (Å²) in [6.07, 6.45) is 0. The Morgan fingerprint density at radius 1 is 1.00 bits per heavy atom. The third-order valence-electron chi connectivity index (χ3n) is 3.01. The van der Waals surface area contributed by atoms with Gasteiger partial charge in [-0.1, -0.05) is 53.6 Å². The number of aryl methyl sites for hydroxylation is 2. The van der Waals surface area contributed by atoms with Crippen molar-refractivity contribution in [2.75, 3.05) is 0 Å². The van der Waals surface area contributed by atoms with E-state index in [1.165, 1.54) is 11.1 Å². The SMILES string of the molecule is Cc1ccc(C)c([C@@H](N)c2ccccc2Cl)c1. The van der Waals surface area contributed by atoms with E-state index in [-0.39, 0.29) is 6.04 Å². The summed E-state index contributed by atoms with van der Waals surface area (Å²) in [7, 11) is 0. The molecule has 2 N–H and O–H groups in total. The van der Waals surface area contributed by atoms with Gasteiger partial charge < -0.3 is 5.73 Å². The van der Waals surface area contributed by atoms with Crippen LogP contribution in [0.4, 0.5) is 0 Å². The quantitative estimate of drug-likeness (QED) is 0.850. The largest absolute Gasteiger partial charge is 0.320 e. The van der Waals surface area contributed by atoms with Crippen LogP contribution >= 0.6 is 11.6 Å². The highest BCUT2D eigenvalue weighted by Crippen LogP contribution is 2.28. The van der Waals surface area contributed by atoms with Crippen LogP contribution in [0, 0.1) is 13.8 Å². The van der Waals surface area contributed by atoms with Gasteiger partial charge in [-0.15, -0.1) is 0 Å². The van der Waals surface area contributed by atoms with Crippen LogP contribution in [0.5, 0.6) is 0 Å². The van der Waals surface area contributed by atoms with Crippen molar-refractivity contribution in [2.45, 2.75) is 19.9 Å². The smallest absolute Gasteiger partial charge is 0.0569 e. The standard InChI is InChI=1S/C15H16ClN/c1-10-7-8-11(2)13(9-10)15(17)12-5-3-4-6-14(12)16/h3-9,15H,17H2,1-2H3/t15-/m0/s1. The lowest BCUT2D eigenvalue weighted by atomic mass is 9.94. The fraction of sp³-hybridized carbons (Fsp3) is 0.200. The molecule has 0 aromatic heterocycles. The second-order valence-electron chi connectivity index (χ2n) is 4.36. The molecule has 0 fully saturated rings. The maximum absolute atomic E-state index is 6.30. The number of halogens is 1. The molecule has 1 nitrogen and oxygen atoms in total. The lowest BCUT2D eigenvalue weighted by molar-refractivity contribution is 0.860. The van der Waals surface area contributed by atoms with E-state index in [1.807, 2.05) is 24.3 Å². The molecule has 17 heavy (non-hydrogen) atoms. The van der Waals surface area contributed by atoms with Crippen molar-refractivity contribution < 1.29 is 0 Å². The molecule has 0 radical (unpaired) electrons. The average Bonchev–Trinajstić information content (AvgIpc) is 2.32. The Bertz CT molecular complexity index is 534. The van der Waals surface area contributed by atoms with E-state index in [0.717, 1.165) is 16.1 Å². The van der Waals surface area contributed by atoms with Crippen LogP contribution in [-0.4, -0.2) is 0 Å². The molecule has 0 saturated carbocycles. The van der Waals surface area contributed by atoms with E-state index in [2.05, 4.69) is 32.0 Å². The van der Waals surface area contributed by atoms with E-state index < -0.39 is 0 Å². The van der Waals surface area contributed by atoms with Crippen LogP contribution in [0.2, 0.25) is 5.02 Å². The van der Waals surface area contributed by atoms with Gasteiger partial charge in [0.2, 0.25) is 0 Å². The topological polar surface area (TPSA) is 26.0 Å². The van der Waals surface area contributed by atoms with Gasteiger partial charge in [-0.2, -0.15) is 0 Å². The minimum atomic E-state index is -0.163. The van der Waals surface area contributed by atoms with Crippen molar-refractivity contribution in [1.29, 1.82) is 0 Å². The lowest BCUT2D eigenvalue weighted by Gasteiger charge is -2.17. The Kier molecular flexibility index (Phi) is 3.51. The molecule has 0 bridgehead atoms. The summed E-state index contributed by atoms with van der Waals surface area (Å²) in [5.41, 5.74) is 10.8. The predicted octanol–water partition coefficient (Wildman–Crippen LogP) is 4.00. The molecule has 0 heterocycles. The molecule has 88 valence electrons. The normalized spacial score (nSPS) is 12.5. The minimum Gasteiger partial charge on any atom is -0.320 e. The van der Waals surface area contributed by atoms with Crippen molar-refractivity contribution in [1.82, 2.24) is 0 Å². The van der Waals surface area contributed by atoms with Crippen molar-refractivity contribution in [3.8, 4) is 0 Å². The average molecular weight is 246 g/mol. The highest BCUT2D eigenvalue weighted by molar-refractivity contribution is 6.31. The molecule has 0 saturated heterocycles. The van der Waals surface area contributed by atoms with Gasteiger partial charge in [-0.25, -0.2) is 0 Å². The Morgan fingerprint density at radius 3 is 2.41 bits per heavy atom. The first kappa shape index (κ1) is 12.2. The first-order valence-electron chi connectivity index (χ1n) is 5.67. The van der Waals surface area contributed by atoms with Gasteiger partial charge in [-0.05, 0) is 36.6 Å². The van der Waals surface area contributed by atoms with Crippen molar-refractivity contribution in [3.05, 3.63) is 69.7 Å². The van der Waals surface area contributed by atoms with Gasteiger partial charge in [0, 0.05) is 5.02 Å². The van der Waals surface area contributed by atoms with Crippen LogP contribution < -0.4 is 5.73 Å². The van der Waals surface area contributed by atoms with Gasteiger partial charge in [0.25, 0.3) is 0 Å². The van der Waals surface area contributed by atoms with E-state index in [0.29, 0.717) is 0 Å². The molecule has 2 aromatic rings. The molecule has 0 aliphatic rings. The van der Waals surface area contributed by atoms with Gasteiger partial charge in [0.1, 0.15) is 0 Å². The lowest BCUT2D eigenvalue weighted by Crippen LogP contribution is -2.13. The molecule has 0 unspecified atom stereocenters. The molecular formula is C15H16ClN. The zero-order valence-electron chi connectivity index (χ0n) is 10.1. The van der Waals surface area contributed by atoms with Crippen molar-refractivity contribution >= 4 is 11.6 Å². The summed E-state index contributed by atoms with van der Waals surface area (Å²) < 4.78 is 0. The summed E-state index contributed by atoms with van der Waals surface area (Å²) in [5.74, 6) is 0. The van der Waals surface area contributed by atoms with Gasteiger partial charge in [-0.3, -0.25) is 0 Å². The van der Waals surface area contributed by atoms with Crippen LogP contribution in [0.15, 0.2) is 42.5 Å². The first-order valence-corrected chi connectivity index (χ1v) is 6.04. The van der Waals surface area contributed by atoms with Gasteiger partial charge >= 0.3 is 0 Å². The Labute approximate surface area is 107 Å². The van der Waals surface area contributed by atoms with E-state index in [4.69, 9.17) is 17.3 Å². The summed E-state index contributed by atoms with van der Waals surface area (Å²) in [6.45, 7) is 4.15. The van der Waals surface area contributed by atoms with Crippen molar-refractivity contribution in [2.24, 2.45) is 5.73 Å². The molecule has 0 spiro atoms. The number of nitrogens with two attached hydrogens (primary N) is 1. The molecule has 0 aliphatic carbocycles. The maximum atomic E-state index is 6.30. The van der Waals surface area contributed by atoms with Crippen molar-refractivity contribution in [3.63, 3.8) is 0 Å². The second-order valence-corrected chi connectivity index (χ2v) is 4.77. The molecule has 1 atom stereocenters. The minimum absolute atomic E-state index is 0.163. The van der Waals surface area contributed by atoms with Crippen LogP contribution in [-0.2, 0) is 0 Å². The highest BCUT2D eigenvalue weighted by atomic mass is 35.5. The summed E-state index contributed by atoms with van der Waals surface area (Å²) in [4.78, 5) is 0. The number of benzene rings is 2. The molecule has 0 aliphatic heterocycles. The number of hydrogen-bond acceptors (Lipinski definition) is 1. The third-order valence-corrected chi connectivity index (χ3v) is 3.35. The van der Waals surface area contributed by atoms with Crippen LogP contribution in [0.3, 0.4) is 0 Å².